The van der Waals surface area contributed by atoms with Crippen LogP contribution in [0.2, 0.25) is 0 Å². The monoisotopic (exact) mass is 365 g/mol. The first-order valence-electron chi connectivity index (χ1n) is 8.05. The molecule has 0 radical (unpaired) electrons. The standard InChI is InChI=1S/C17H23N3O2S2/c1-2-3-12-18-24(21,22)16-11-7-10-15(13-16)20-17(23)19-14-8-5-4-6-9-14/h5,7-11,13,18H,2-4,6,12H2,1H3,(H2,19,20,23). The molecule has 1 aliphatic carbocycles. The van der Waals surface area contributed by atoms with Crippen LogP contribution in [0.1, 0.15) is 32.6 Å². The predicted octanol–water partition coefficient (Wildman–Crippen LogP) is 3.29. The molecule has 7 heteroatoms. The highest BCUT2D eigenvalue weighted by Gasteiger charge is 2.13. The molecular weight excluding hydrogens is 342 g/mol. The topological polar surface area (TPSA) is 70.2 Å². The molecule has 2 rings (SSSR count). The molecule has 0 saturated carbocycles. The van der Waals surface area contributed by atoms with E-state index < -0.39 is 10.0 Å². The van der Waals surface area contributed by atoms with Gasteiger partial charge in [-0.2, -0.15) is 0 Å². The summed E-state index contributed by atoms with van der Waals surface area (Å²) in [5, 5.41) is 6.55. The van der Waals surface area contributed by atoms with Crippen LogP contribution in [0.5, 0.6) is 0 Å². The van der Waals surface area contributed by atoms with Crippen molar-refractivity contribution in [1.29, 1.82) is 0 Å². The molecule has 1 aliphatic rings. The normalized spacial score (nSPS) is 14.1. The summed E-state index contributed by atoms with van der Waals surface area (Å²) >= 11 is 5.28. The van der Waals surface area contributed by atoms with E-state index in [1.165, 1.54) is 0 Å². The Balaban J connectivity index is 2.00. The second-order valence-electron chi connectivity index (χ2n) is 5.50. The number of thiocarbonyl (C=S) groups is 1. The fourth-order valence-electron chi connectivity index (χ4n) is 2.21. The van der Waals surface area contributed by atoms with Gasteiger partial charge in [-0.3, -0.25) is 0 Å². The minimum absolute atomic E-state index is 0.225. The first-order valence-corrected chi connectivity index (χ1v) is 9.95. The zero-order valence-corrected chi connectivity index (χ0v) is 15.3. The van der Waals surface area contributed by atoms with Crippen LogP contribution < -0.4 is 15.4 Å². The summed E-state index contributed by atoms with van der Waals surface area (Å²) in [7, 11) is -3.49. The summed E-state index contributed by atoms with van der Waals surface area (Å²) in [6, 6.07) is 6.62. The number of nitrogens with one attached hydrogen (secondary N) is 3. The van der Waals surface area contributed by atoms with Gasteiger partial charge in [0.2, 0.25) is 10.0 Å². The quantitative estimate of drug-likeness (QED) is 0.511. The van der Waals surface area contributed by atoms with E-state index in [9.17, 15) is 8.42 Å². The number of sulfonamides is 1. The summed E-state index contributed by atoms with van der Waals surface area (Å²) in [5.41, 5.74) is 1.58. The number of benzene rings is 1. The first-order chi connectivity index (χ1) is 11.5. The summed E-state index contributed by atoms with van der Waals surface area (Å²) in [6.45, 7) is 2.46. The molecule has 0 heterocycles. The molecule has 0 fully saturated rings. The van der Waals surface area contributed by atoms with Crippen LogP contribution in [0.25, 0.3) is 0 Å². The lowest BCUT2D eigenvalue weighted by molar-refractivity contribution is 0.578. The molecule has 0 atom stereocenters. The third-order valence-corrected chi connectivity index (χ3v) is 5.14. The third-order valence-electron chi connectivity index (χ3n) is 3.48. The fraction of sp³-hybridized carbons (Fsp3) is 0.353. The van der Waals surface area contributed by atoms with Crippen LogP contribution in [0, 0.1) is 0 Å². The van der Waals surface area contributed by atoms with E-state index in [1.54, 1.807) is 24.3 Å². The van der Waals surface area contributed by atoms with Crippen LogP contribution in [-0.2, 0) is 10.0 Å². The average Bonchev–Trinajstić information content (AvgIpc) is 2.56. The fourth-order valence-corrected chi connectivity index (χ4v) is 3.56. The van der Waals surface area contributed by atoms with Crippen LogP contribution in [0.15, 0.2) is 53.1 Å². The molecule has 130 valence electrons. The number of rotatable bonds is 7. The third kappa shape index (κ3) is 5.74. The van der Waals surface area contributed by atoms with Gasteiger partial charge in [0, 0.05) is 17.9 Å². The number of anilines is 1. The molecule has 0 spiro atoms. The van der Waals surface area contributed by atoms with E-state index in [1.807, 2.05) is 13.0 Å². The van der Waals surface area contributed by atoms with Gasteiger partial charge >= 0.3 is 0 Å². The lowest BCUT2D eigenvalue weighted by Crippen LogP contribution is -2.28. The van der Waals surface area contributed by atoms with Crippen LogP contribution in [-0.4, -0.2) is 20.1 Å². The van der Waals surface area contributed by atoms with E-state index in [4.69, 9.17) is 12.2 Å². The van der Waals surface area contributed by atoms with Gasteiger partial charge in [-0.15, -0.1) is 0 Å². The van der Waals surface area contributed by atoms with Crippen LogP contribution >= 0.6 is 12.2 Å². The zero-order valence-electron chi connectivity index (χ0n) is 13.7. The molecule has 0 unspecified atom stereocenters. The number of hydrogen-bond acceptors (Lipinski definition) is 3. The second kappa shape index (κ2) is 8.96. The minimum atomic E-state index is -3.49. The smallest absolute Gasteiger partial charge is 0.240 e. The van der Waals surface area contributed by atoms with Crippen LogP contribution in [0.4, 0.5) is 5.69 Å². The van der Waals surface area contributed by atoms with Gasteiger partial charge in [0.05, 0.1) is 4.90 Å². The van der Waals surface area contributed by atoms with E-state index in [0.29, 0.717) is 17.3 Å². The van der Waals surface area contributed by atoms with Gasteiger partial charge < -0.3 is 10.6 Å². The number of allylic oxidation sites excluding steroid dienone is 3. The Morgan fingerprint density at radius 1 is 1.25 bits per heavy atom. The van der Waals surface area contributed by atoms with Crippen molar-refractivity contribution in [2.45, 2.75) is 37.5 Å². The first kappa shape index (κ1) is 18.6. The van der Waals surface area contributed by atoms with Gasteiger partial charge in [-0.05, 0) is 55.8 Å². The van der Waals surface area contributed by atoms with Crippen molar-refractivity contribution < 1.29 is 8.42 Å². The van der Waals surface area contributed by atoms with Crippen molar-refractivity contribution in [3.8, 4) is 0 Å². The Morgan fingerprint density at radius 3 is 2.79 bits per heavy atom. The Bertz CT molecular complexity index is 740. The number of hydrogen-bond donors (Lipinski definition) is 3. The molecule has 0 amide bonds. The second-order valence-corrected chi connectivity index (χ2v) is 7.67. The zero-order chi connectivity index (χ0) is 17.4. The van der Waals surface area contributed by atoms with Crippen LogP contribution in [0.3, 0.4) is 0 Å². The Morgan fingerprint density at radius 2 is 2.08 bits per heavy atom. The van der Waals surface area contributed by atoms with Gasteiger partial charge in [0.25, 0.3) is 0 Å². The Kier molecular flexibility index (Phi) is 6.96. The molecule has 0 saturated heterocycles. The number of unbranched alkanes of at least 4 members (excludes halogenated alkanes) is 1. The summed E-state index contributed by atoms with van der Waals surface area (Å²) < 4.78 is 27.1. The Hall–Kier alpha value is -1.70. The molecule has 1 aromatic rings. The van der Waals surface area contributed by atoms with E-state index in [-0.39, 0.29) is 4.90 Å². The molecule has 0 bridgehead atoms. The lowest BCUT2D eigenvalue weighted by Gasteiger charge is -2.14. The van der Waals surface area contributed by atoms with E-state index >= 15 is 0 Å². The molecular formula is C17H23N3O2S2. The molecule has 3 N–H and O–H groups in total. The minimum Gasteiger partial charge on any atom is -0.333 e. The van der Waals surface area contributed by atoms with Crippen molar-refractivity contribution in [2.24, 2.45) is 0 Å². The predicted molar refractivity (Wildman–Crippen MR) is 102 cm³/mol. The van der Waals surface area contributed by atoms with Crippen molar-refractivity contribution >= 4 is 33.0 Å². The van der Waals surface area contributed by atoms with Crippen molar-refractivity contribution in [1.82, 2.24) is 10.0 Å². The highest BCUT2D eigenvalue weighted by Crippen LogP contribution is 2.16. The summed E-state index contributed by atoms with van der Waals surface area (Å²) in [5.74, 6) is 0. The van der Waals surface area contributed by atoms with Gasteiger partial charge in [0.15, 0.2) is 5.11 Å². The van der Waals surface area contributed by atoms with Gasteiger partial charge in [-0.25, -0.2) is 13.1 Å². The Labute approximate surface area is 149 Å². The average molecular weight is 366 g/mol. The summed E-state index contributed by atoms with van der Waals surface area (Å²) in [4.78, 5) is 0.225. The molecule has 0 aliphatic heterocycles. The molecule has 5 nitrogen and oxygen atoms in total. The highest BCUT2D eigenvalue weighted by molar-refractivity contribution is 7.89. The van der Waals surface area contributed by atoms with E-state index in [0.717, 1.165) is 31.4 Å². The maximum absolute atomic E-state index is 12.3. The van der Waals surface area contributed by atoms with Crippen molar-refractivity contribution in [3.05, 3.63) is 48.2 Å². The maximum Gasteiger partial charge on any atom is 0.240 e. The summed E-state index contributed by atoms with van der Waals surface area (Å²) in [6.07, 6.45) is 9.92. The lowest BCUT2D eigenvalue weighted by atomic mass is 10.1. The van der Waals surface area contributed by atoms with Gasteiger partial charge in [-0.1, -0.05) is 31.6 Å². The largest absolute Gasteiger partial charge is 0.333 e. The molecule has 24 heavy (non-hydrogen) atoms. The highest BCUT2D eigenvalue weighted by atomic mass is 32.2. The maximum atomic E-state index is 12.3. The SMILES string of the molecule is CCCCNS(=O)(=O)c1cccc(NC(=S)NC2=CCCC=C2)c1. The molecule has 1 aromatic carbocycles. The van der Waals surface area contributed by atoms with Gasteiger partial charge in [0.1, 0.15) is 0 Å². The van der Waals surface area contributed by atoms with E-state index in [2.05, 4.69) is 27.5 Å². The molecule has 0 aromatic heterocycles. The van der Waals surface area contributed by atoms with Crippen molar-refractivity contribution in [2.75, 3.05) is 11.9 Å². The van der Waals surface area contributed by atoms with Crippen molar-refractivity contribution in [3.63, 3.8) is 0 Å².